The van der Waals surface area contributed by atoms with Crippen molar-refractivity contribution in [2.24, 2.45) is 0 Å². The summed E-state index contributed by atoms with van der Waals surface area (Å²) in [4.78, 5) is 0. The molecule has 0 saturated heterocycles. The number of rotatable bonds is 3. The molecule has 0 amide bonds. The Bertz CT molecular complexity index is 757. The Morgan fingerprint density at radius 2 is 0.909 bits per heavy atom. The van der Waals surface area contributed by atoms with Crippen molar-refractivity contribution in [2.75, 3.05) is 0 Å². The largest absolute Gasteiger partial charge is 0.0622 e. The van der Waals surface area contributed by atoms with E-state index in [1.165, 1.54) is 11.1 Å². The van der Waals surface area contributed by atoms with E-state index in [-0.39, 0.29) is 0 Å². The molecule has 0 heteroatoms. The minimum Gasteiger partial charge on any atom is -0.0622 e. The van der Waals surface area contributed by atoms with E-state index in [1.807, 2.05) is 30.3 Å². The van der Waals surface area contributed by atoms with E-state index in [2.05, 4.69) is 66.4 Å². The highest BCUT2D eigenvalue weighted by molar-refractivity contribution is 5.43. The second kappa shape index (κ2) is 7.29. The molecule has 0 N–H and O–H groups in total. The molecule has 0 aliphatic rings. The monoisotopic (exact) mass is 282 g/mol. The van der Waals surface area contributed by atoms with Gasteiger partial charge in [-0.15, -0.1) is 0 Å². The van der Waals surface area contributed by atoms with Gasteiger partial charge in [0.05, 0.1) is 0 Å². The molecule has 3 aromatic rings. The maximum absolute atomic E-state index is 3.21. The smallest absolute Gasteiger partial charge is 0.0249 e. The molecular formula is C22H18. The lowest BCUT2D eigenvalue weighted by atomic mass is 10.0. The van der Waals surface area contributed by atoms with Gasteiger partial charge in [0.1, 0.15) is 0 Å². The van der Waals surface area contributed by atoms with Crippen molar-refractivity contribution < 1.29 is 0 Å². The van der Waals surface area contributed by atoms with Gasteiger partial charge >= 0.3 is 0 Å². The van der Waals surface area contributed by atoms with Crippen molar-refractivity contribution in [2.45, 2.75) is 12.8 Å². The van der Waals surface area contributed by atoms with Crippen molar-refractivity contribution >= 4 is 0 Å². The topological polar surface area (TPSA) is 0 Å². The van der Waals surface area contributed by atoms with E-state index in [1.54, 1.807) is 0 Å². The predicted molar refractivity (Wildman–Crippen MR) is 92.7 cm³/mol. The summed E-state index contributed by atoms with van der Waals surface area (Å²) in [6, 6.07) is 29.3. The van der Waals surface area contributed by atoms with Gasteiger partial charge in [-0.05, 0) is 48.2 Å². The van der Waals surface area contributed by atoms with E-state index in [0.29, 0.717) is 0 Å². The highest BCUT2D eigenvalue weighted by Crippen LogP contribution is 2.09. The normalized spacial score (nSPS) is 9.82. The number of hydrogen-bond donors (Lipinski definition) is 0. The Balaban J connectivity index is 1.62. The van der Waals surface area contributed by atoms with Crippen LogP contribution in [-0.4, -0.2) is 0 Å². The van der Waals surface area contributed by atoms with Crippen LogP contribution in [-0.2, 0) is 12.8 Å². The van der Waals surface area contributed by atoms with Gasteiger partial charge in [-0.2, -0.15) is 0 Å². The molecule has 0 bridgehead atoms. The molecule has 0 aliphatic heterocycles. The highest BCUT2D eigenvalue weighted by Gasteiger charge is 1.95. The summed E-state index contributed by atoms with van der Waals surface area (Å²) in [6.45, 7) is 0. The van der Waals surface area contributed by atoms with Gasteiger partial charge in [0.15, 0.2) is 0 Å². The Hall–Kier alpha value is -2.78. The lowest BCUT2D eigenvalue weighted by Crippen LogP contribution is -1.91. The molecular weight excluding hydrogens is 264 g/mol. The van der Waals surface area contributed by atoms with Crippen molar-refractivity contribution in [1.29, 1.82) is 0 Å². The van der Waals surface area contributed by atoms with Gasteiger partial charge in [0.25, 0.3) is 0 Å². The van der Waals surface area contributed by atoms with Crippen LogP contribution in [0.15, 0.2) is 84.9 Å². The first-order chi connectivity index (χ1) is 10.9. The van der Waals surface area contributed by atoms with Crippen LogP contribution in [0.25, 0.3) is 0 Å². The molecule has 3 rings (SSSR count). The zero-order valence-corrected chi connectivity index (χ0v) is 12.5. The summed E-state index contributed by atoms with van der Waals surface area (Å²) in [5, 5.41) is 0. The summed E-state index contributed by atoms with van der Waals surface area (Å²) < 4.78 is 0. The second-order valence-corrected chi connectivity index (χ2v) is 5.30. The van der Waals surface area contributed by atoms with Crippen LogP contribution < -0.4 is 0 Å². The molecule has 0 nitrogen and oxygen atoms in total. The fourth-order valence-electron chi connectivity index (χ4n) is 2.35. The van der Waals surface area contributed by atoms with Crippen LogP contribution >= 0.6 is 0 Å². The van der Waals surface area contributed by atoms with Crippen molar-refractivity contribution in [3.63, 3.8) is 0 Å². The molecule has 0 heterocycles. The van der Waals surface area contributed by atoms with E-state index < -0.39 is 0 Å². The SMILES string of the molecule is C(#Cc1ccc(CCc2ccccc2)cc1)c1ccccc1. The van der Waals surface area contributed by atoms with Crippen LogP contribution in [0, 0.1) is 11.8 Å². The van der Waals surface area contributed by atoms with E-state index >= 15 is 0 Å². The summed E-state index contributed by atoms with van der Waals surface area (Å²) in [5.74, 6) is 6.40. The highest BCUT2D eigenvalue weighted by atomic mass is 14.0. The third-order valence-corrected chi connectivity index (χ3v) is 3.62. The minimum absolute atomic E-state index is 1.05. The Morgan fingerprint density at radius 3 is 1.50 bits per heavy atom. The molecule has 0 unspecified atom stereocenters. The van der Waals surface area contributed by atoms with Gasteiger partial charge < -0.3 is 0 Å². The molecule has 3 aromatic carbocycles. The molecule has 0 atom stereocenters. The van der Waals surface area contributed by atoms with Crippen LogP contribution in [0.3, 0.4) is 0 Å². The Kier molecular flexibility index (Phi) is 4.70. The number of hydrogen-bond acceptors (Lipinski definition) is 0. The van der Waals surface area contributed by atoms with Crippen LogP contribution in [0.2, 0.25) is 0 Å². The zero-order valence-electron chi connectivity index (χ0n) is 12.5. The summed E-state index contributed by atoms with van der Waals surface area (Å²) >= 11 is 0. The standard InChI is InChI=1S/C22H18/c1-3-7-19(8-4-1)11-13-21-15-17-22(18-16-21)14-12-20-9-5-2-6-10-20/h1-10,15-18H,11,13H2. The van der Waals surface area contributed by atoms with Crippen molar-refractivity contribution in [3.8, 4) is 11.8 Å². The maximum Gasteiger partial charge on any atom is 0.0249 e. The van der Waals surface area contributed by atoms with Gasteiger partial charge in [0, 0.05) is 11.1 Å². The second-order valence-electron chi connectivity index (χ2n) is 5.30. The van der Waals surface area contributed by atoms with Gasteiger partial charge in [0.2, 0.25) is 0 Å². The molecule has 22 heavy (non-hydrogen) atoms. The fraction of sp³-hybridized carbons (Fsp3) is 0.0909. The third kappa shape index (κ3) is 4.11. The lowest BCUT2D eigenvalue weighted by Gasteiger charge is -2.02. The van der Waals surface area contributed by atoms with Crippen LogP contribution in [0.4, 0.5) is 0 Å². The van der Waals surface area contributed by atoms with Gasteiger partial charge in [-0.3, -0.25) is 0 Å². The average molecular weight is 282 g/mol. The Labute approximate surface area is 132 Å². The molecule has 0 spiro atoms. The summed E-state index contributed by atoms with van der Waals surface area (Å²) in [6.07, 6.45) is 2.15. The third-order valence-electron chi connectivity index (χ3n) is 3.62. The first-order valence-corrected chi connectivity index (χ1v) is 7.60. The molecule has 0 aromatic heterocycles. The molecule has 0 fully saturated rings. The summed E-state index contributed by atoms with van der Waals surface area (Å²) in [5.41, 5.74) is 4.85. The molecule has 0 saturated carbocycles. The van der Waals surface area contributed by atoms with E-state index in [0.717, 1.165) is 24.0 Å². The van der Waals surface area contributed by atoms with E-state index in [9.17, 15) is 0 Å². The van der Waals surface area contributed by atoms with Gasteiger partial charge in [-0.1, -0.05) is 72.5 Å². The first kappa shape index (κ1) is 14.2. The molecule has 0 radical (unpaired) electrons. The fourth-order valence-corrected chi connectivity index (χ4v) is 2.35. The van der Waals surface area contributed by atoms with Crippen LogP contribution in [0.1, 0.15) is 22.3 Å². The summed E-state index contributed by atoms with van der Waals surface area (Å²) in [7, 11) is 0. The number of benzene rings is 3. The zero-order chi connectivity index (χ0) is 15.0. The predicted octanol–water partition coefficient (Wildman–Crippen LogP) is 4.87. The molecule has 0 aliphatic carbocycles. The molecule has 106 valence electrons. The quantitative estimate of drug-likeness (QED) is 0.601. The Morgan fingerprint density at radius 1 is 0.455 bits per heavy atom. The average Bonchev–Trinajstić information content (AvgIpc) is 2.61. The lowest BCUT2D eigenvalue weighted by molar-refractivity contribution is 0.960. The van der Waals surface area contributed by atoms with Crippen LogP contribution in [0.5, 0.6) is 0 Å². The van der Waals surface area contributed by atoms with Crippen molar-refractivity contribution in [3.05, 3.63) is 107 Å². The maximum atomic E-state index is 3.21. The van der Waals surface area contributed by atoms with Gasteiger partial charge in [-0.25, -0.2) is 0 Å². The minimum atomic E-state index is 1.05. The number of aryl methyl sites for hydroxylation is 2. The first-order valence-electron chi connectivity index (χ1n) is 7.60. The van der Waals surface area contributed by atoms with E-state index in [4.69, 9.17) is 0 Å². The van der Waals surface area contributed by atoms with Crippen molar-refractivity contribution in [1.82, 2.24) is 0 Å².